The van der Waals surface area contributed by atoms with Gasteiger partial charge in [-0.25, -0.2) is 28.8 Å². The number of aliphatic hydroxyl groups is 1. The Hall–Kier alpha value is -4.57. The van der Waals surface area contributed by atoms with Gasteiger partial charge in [0, 0.05) is 36.5 Å². The first-order valence-electron chi connectivity index (χ1n) is 11.1. The summed E-state index contributed by atoms with van der Waals surface area (Å²) >= 11 is 0. The highest BCUT2D eigenvalue weighted by molar-refractivity contribution is 5.92. The molecule has 0 fully saturated rings. The molecule has 0 rings (SSSR count). The maximum absolute atomic E-state index is 11.3. The van der Waals surface area contributed by atoms with E-state index in [2.05, 4.69) is 23.7 Å². The first kappa shape index (κ1) is 39.9. The van der Waals surface area contributed by atoms with E-state index in [1.165, 1.54) is 21.3 Å². The van der Waals surface area contributed by atoms with Crippen molar-refractivity contribution in [1.82, 2.24) is 0 Å². The van der Waals surface area contributed by atoms with Gasteiger partial charge in [-0.2, -0.15) is 0 Å². The largest absolute Gasteiger partial charge is 0.478 e. The fourth-order valence-corrected chi connectivity index (χ4v) is 1.51. The summed E-state index contributed by atoms with van der Waals surface area (Å²) < 4.78 is 26.5. The molecule has 0 bridgehead atoms. The van der Waals surface area contributed by atoms with Crippen LogP contribution in [-0.2, 0) is 62.0 Å². The molecule has 0 unspecified atom stereocenters. The van der Waals surface area contributed by atoms with E-state index in [1.54, 1.807) is 13.8 Å². The quantitative estimate of drug-likeness (QED) is 0.101. The van der Waals surface area contributed by atoms with Crippen LogP contribution in [0.1, 0.15) is 13.8 Å². The van der Waals surface area contributed by atoms with Gasteiger partial charge in [-0.1, -0.05) is 13.8 Å². The summed E-state index contributed by atoms with van der Waals surface area (Å²) in [6.45, 7) is 3.08. The van der Waals surface area contributed by atoms with E-state index in [-0.39, 0.29) is 32.3 Å². The molecule has 0 aromatic heterocycles. The van der Waals surface area contributed by atoms with Crippen LogP contribution >= 0.6 is 0 Å². The van der Waals surface area contributed by atoms with Gasteiger partial charge in [0.05, 0.1) is 27.9 Å². The normalized spacial score (nSPS) is 10.9. The number of rotatable bonds is 13. The zero-order valence-electron chi connectivity index (χ0n) is 22.7. The second-order valence-corrected chi connectivity index (χ2v) is 6.90. The van der Waals surface area contributed by atoms with E-state index in [9.17, 15) is 33.6 Å². The fraction of sp³-hybridized carbons (Fsp3) is 0.458. The lowest BCUT2D eigenvalue weighted by atomic mass is 10.1. The number of carboxylic acid groups (broad SMARTS) is 1. The molecule has 4 N–H and O–H groups in total. The zero-order valence-corrected chi connectivity index (χ0v) is 22.7. The fourth-order valence-electron chi connectivity index (χ4n) is 1.51. The van der Waals surface area contributed by atoms with Crippen molar-refractivity contribution in [3.05, 3.63) is 36.5 Å². The first-order valence-corrected chi connectivity index (χ1v) is 11.1. The molecule has 0 aromatic carbocycles. The summed E-state index contributed by atoms with van der Waals surface area (Å²) in [5.41, 5.74) is 5.55. The monoisotopic (exact) mass is 577 g/mol. The average Bonchev–Trinajstić information content (AvgIpc) is 2.94. The Morgan fingerprint density at radius 3 is 1.32 bits per heavy atom. The highest BCUT2D eigenvalue weighted by atomic mass is 16.6. The van der Waals surface area contributed by atoms with Crippen molar-refractivity contribution in [2.75, 3.05) is 47.8 Å². The molecule has 0 aromatic rings. The van der Waals surface area contributed by atoms with Gasteiger partial charge in [0.2, 0.25) is 0 Å². The highest BCUT2D eigenvalue weighted by Crippen LogP contribution is 2.00. The third-order valence-electron chi connectivity index (χ3n) is 3.57. The Balaban J connectivity index is -0.000000558. The molecular formula is C24H35NO15. The molecule has 0 saturated heterocycles. The Morgan fingerprint density at radius 2 is 0.975 bits per heavy atom. The second-order valence-electron chi connectivity index (χ2n) is 6.90. The van der Waals surface area contributed by atoms with Gasteiger partial charge >= 0.3 is 41.8 Å². The Kier molecular flexibility index (Phi) is 26.0. The van der Waals surface area contributed by atoms with Crippen LogP contribution in [-0.4, -0.2) is 106 Å². The topological polar surface area (TPSA) is 241 Å². The van der Waals surface area contributed by atoms with E-state index in [4.69, 9.17) is 20.7 Å². The van der Waals surface area contributed by atoms with E-state index in [0.29, 0.717) is 6.08 Å². The van der Waals surface area contributed by atoms with E-state index in [0.717, 1.165) is 30.4 Å². The zero-order chi connectivity index (χ0) is 31.5. The van der Waals surface area contributed by atoms with E-state index >= 15 is 0 Å². The average molecular weight is 578 g/mol. The van der Waals surface area contributed by atoms with E-state index in [1.807, 2.05) is 0 Å². The molecule has 0 heterocycles. The van der Waals surface area contributed by atoms with Crippen LogP contribution in [0.25, 0.3) is 0 Å². The van der Waals surface area contributed by atoms with Crippen molar-refractivity contribution < 1.29 is 72.2 Å². The highest BCUT2D eigenvalue weighted by Gasteiger charge is 2.18. The van der Waals surface area contributed by atoms with Crippen molar-refractivity contribution >= 4 is 41.8 Å². The predicted molar refractivity (Wildman–Crippen MR) is 134 cm³/mol. The van der Waals surface area contributed by atoms with Crippen LogP contribution in [0.4, 0.5) is 0 Å². The van der Waals surface area contributed by atoms with Gasteiger partial charge in [0.25, 0.3) is 0 Å². The summed E-state index contributed by atoms with van der Waals surface area (Å²) in [6, 6.07) is -0.699. The number of aliphatic hydroxyl groups excluding tert-OH is 1. The number of ether oxygens (including phenoxy) is 6. The molecule has 0 saturated carbocycles. The third-order valence-corrected chi connectivity index (χ3v) is 3.57. The van der Waals surface area contributed by atoms with Crippen LogP contribution in [0.5, 0.6) is 0 Å². The van der Waals surface area contributed by atoms with E-state index < -0.39 is 47.8 Å². The molecule has 0 amide bonds. The van der Waals surface area contributed by atoms with Gasteiger partial charge in [0.1, 0.15) is 25.9 Å². The number of carbonyl (C=O) groups excluding carboxylic acids is 6. The molecular weight excluding hydrogens is 542 g/mol. The lowest BCUT2D eigenvalue weighted by Gasteiger charge is -2.14. The van der Waals surface area contributed by atoms with Crippen molar-refractivity contribution in [3.63, 3.8) is 0 Å². The Labute approximate surface area is 230 Å². The molecule has 0 aliphatic rings. The van der Waals surface area contributed by atoms with Crippen LogP contribution < -0.4 is 5.73 Å². The van der Waals surface area contributed by atoms with Crippen molar-refractivity contribution in [1.29, 1.82) is 0 Å². The number of carbonyl (C=O) groups is 7. The lowest BCUT2D eigenvalue weighted by molar-refractivity contribution is -0.151. The summed E-state index contributed by atoms with van der Waals surface area (Å²) in [6.07, 6.45) is 5.28. The third kappa shape index (κ3) is 28.0. The van der Waals surface area contributed by atoms with Gasteiger partial charge in [-0.05, 0) is 5.92 Å². The van der Waals surface area contributed by atoms with Gasteiger partial charge in [-0.3, -0.25) is 4.79 Å². The molecule has 0 aliphatic heterocycles. The SMILES string of the molecule is COC(=O)/C=C/C(=O)O.COC(=O)/C=C/C(=O)OCCO.COC(=O)/C=C/C(=O)OCCOC(=O)[C@@H](N)C(C)C. The van der Waals surface area contributed by atoms with Crippen LogP contribution in [0.3, 0.4) is 0 Å². The van der Waals surface area contributed by atoms with Crippen LogP contribution in [0.15, 0.2) is 36.5 Å². The molecule has 0 radical (unpaired) electrons. The number of methoxy groups -OCH3 is 3. The first-order chi connectivity index (χ1) is 18.7. The van der Waals surface area contributed by atoms with Crippen LogP contribution in [0.2, 0.25) is 0 Å². The predicted octanol–water partition coefficient (Wildman–Crippen LogP) is -1.16. The number of nitrogens with two attached hydrogens (primary N) is 1. The summed E-state index contributed by atoms with van der Waals surface area (Å²) in [7, 11) is 3.57. The summed E-state index contributed by atoms with van der Waals surface area (Å²) in [4.78, 5) is 73.9. The number of hydrogen-bond donors (Lipinski definition) is 3. The van der Waals surface area contributed by atoms with Crippen LogP contribution in [0, 0.1) is 5.92 Å². The summed E-state index contributed by atoms with van der Waals surface area (Å²) in [5.74, 6) is -5.11. The number of esters is 6. The minimum absolute atomic E-state index is 0.0296. The van der Waals surface area contributed by atoms with Crippen molar-refractivity contribution in [2.45, 2.75) is 19.9 Å². The van der Waals surface area contributed by atoms with Gasteiger partial charge in [-0.15, -0.1) is 0 Å². The summed E-state index contributed by atoms with van der Waals surface area (Å²) in [5, 5.41) is 16.2. The standard InChI is InChI=1S/C12H19NO6.C7H10O5.C5H6O4/c1-8(2)11(13)12(16)19-7-6-18-10(15)5-4-9(14)17-3;1-11-6(9)2-3-7(10)12-5-4-8;1-9-5(8)3-2-4(6)7/h4-5,8,11H,6-7,13H2,1-3H3;2-3,8H,4-5H2,1H3;2-3H,1H3,(H,6,7)/b5-4+;2*3-2+/t11-;;/m0../s1. The number of aliphatic carboxylic acids is 1. The molecule has 40 heavy (non-hydrogen) atoms. The van der Waals surface area contributed by atoms with Crippen molar-refractivity contribution in [3.8, 4) is 0 Å². The number of carboxylic acids is 1. The minimum Gasteiger partial charge on any atom is -0.478 e. The molecule has 1 atom stereocenters. The Morgan fingerprint density at radius 1 is 0.625 bits per heavy atom. The number of hydrogen-bond acceptors (Lipinski definition) is 15. The van der Waals surface area contributed by atoms with Crippen molar-refractivity contribution in [2.24, 2.45) is 11.7 Å². The molecule has 16 heteroatoms. The molecule has 0 aliphatic carbocycles. The Bertz CT molecular complexity index is 906. The van der Waals surface area contributed by atoms with Gasteiger partial charge < -0.3 is 44.4 Å². The maximum Gasteiger partial charge on any atom is 0.331 e. The smallest absolute Gasteiger partial charge is 0.331 e. The second kappa shape index (κ2) is 26.1. The maximum atomic E-state index is 11.3. The molecule has 0 spiro atoms. The molecule has 226 valence electrons. The lowest BCUT2D eigenvalue weighted by Crippen LogP contribution is -2.37. The minimum atomic E-state index is -1.17. The molecule has 16 nitrogen and oxygen atoms in total. The van der Waals surface area contributed by atoms with Gasteiger partial charge in [0.15, 0.2) is 0 Å².